The number of rotatable bonds is 3. The second-order valence-electron chi connectivity index (χ2n) is 7.69. The number of morpholine rings is 1. The number of ether oxygens (including phenoxy) is 1. The van der Waals surface area contributed by atoms with Gasteiger partial charge in [0, 0.05) is 30.4 Å². The van der Waals surface area contributed by atoms with Crippen LogP contribution in [0.25, 0.3) is 5.70 Å². The fourth-order valence-corrected chi connectivity index (χ4v) is 4.80. The molecule has 0 amide bonds. The lowest BCUT2D eigenvalue weighted by Crippen LogP contribution is -2.44. The third kappa shape index (κ3) is 3.32. The summed E-state index contributed by atoms with van der Waals surface area (Å²) >= 11 is 5.48. The van der Waals surface area contributed by atoms with Crippen molar-refractivity contribution >= 4 is 34.4 Å². The van der Waals surface area contributed by atoms with Gasteiger partial charge in [-0.2, -0.15) is 0 Å². The number of thiocarbonyl (C=S) groups is 1. The van der Waals surface area contributed by atoms with Gasteiger partial charge in [0.25, 0.3) is 5.69 Å². The van der Waals surface area contributed by atoms with E-state index in [1.165, 1.54) is 11.1 Å². The second kappa shape index (κ2) is 7.70. The van der Waals surface area contributed by atoms with Gasteiger partial charge >= 0.3 is 0 Å². The van der Waals surface area contributed by atoms with E-state index in [1.807, 2.05) is 23.1 Å². The number of hydrogen-bond acceptors (Lipinski definition) is 5. The first kappa shape index (κ1) is 19.0. The van der Waals surface area contributed by atoms with E-state index < -0.39 is 0 Å². The minimum atomic E-state index is -0.293. The van der Waals surface area contributed by atoms with Gasteiger partial charge in [-0.3, -0.25) is 10.1 Å². The summed E-state index contributed by atoms with van der Waals surface area (Å²) in [6.45, 7) is 2.47. The van der Waals surface area contributed by atoms with Gasteiger partial charge in [0.15, 0.2) is 5.11 Å². The number of aryl methyl sites for hydroxylation is 1. The molecule has 30 heavy (non-hydrogen) atoms. The van der Waals surface area contributed by atoms with Crippen LogP contribution >= 0.6 is 12.2 Å². The Labute approximate surface area is 179 Å². The van der Waals surface area contributed by atoms with Crippen molar-refractivity contribution in [3.8, 4) is 0 Å². The molecule has 1 saturated heterocycles. The fraction of sp³-hybridized carbons (Fsp3) is 0.318. The molecule has 2 aromatic carbocycles. The Morgan fingerprint density at radius 2 is 1.93 bits per heavy atom. The molecule has 1 unspecified atom stereocenters. The molecular formula is C22H22N4O3S. The smallest absolute Gasteiger partial charge is 0.292 e. The van der Waals surface area contributed by atoms with Crippen molar-refractivity contribution in [2.45, 2.75) is 18.9 Å². The molecule has 5 rings (SSSR count). The zero-order valence-electron chi connectivity index (χ0n) is 16.4. The summed E-state index contributed by atoms with van der Waals surface area (Å²) in [7, 11) is 0. The average Bonchev–Trinajstić information content (AvgIpc) is 2.78. The first-order valence-electron chi connectivity index (χ1n) is 10.1. The van der Waals surface area contributed by atoms with Gasteiger partial charge in [0.2, 0.25) is 0 Å². The molecule has 154 valence electrons. The van der Waals surface area contributed by atoms with E-state index in [1.54, 1.807) is 6.07 Å². The third-order valence-corrected chi connectivity index (χ3v) is 6.24. The summed E-state index contributed by atoms with van der Waals surface area (Å²) in [5.41, 5.74) is 6.30. The van der Waals surface area contributed by atoms with E-state index in [0.29, 0.717) is 37.1 Å². The first-order chi connectivity index (χ1) is 14.6. The monoisotopic (exact) mass is 422 g/mol. The molecule has 0 saturated carbocycles. The lowest BCUT2D eigenvalue weighted by atomic mass is 9.83. The van der Waals surface area contributed by atoms with Crippen LogP contribution in [0.1, 0.15) is 29.2 Å². The first-order valence-corrected chi connectivity index (χ1v) is 10.5. The fourth-order valence-electron chi connectivity index (χ4n) is 4.58. The van der Waals surface area contributed by atoms with E-state index >= 15 is 0 Å². The predicted octanol–water partition coefficient (Wildman–Crippen LogP) is 3.31. The number of anilines is 1. The average molecular weight is 423 g/mol. The molecule has 7 nitrogen and oxygen atoms in total. The summed E-state index contributed by atoms with van der Waals surface area (Å²) in [5.74, 6) is 0. The molecule has 3 aliphatic rings. The zero-order valence-corrected chi connectivity index (χ0v) is 17.2. The maximum Gasteiger partial charge on any atom is 0.292 e. The van der Waals surface area contributed by atoms with Crippen molar-refractivity contribution in [1.82, 2.24) is 10.6 Å². The van der Waals surface area contributed by atoms with Crippen molar-refractivity contribution in [2.75, 3.05) is 31.2 Å². The Hall–Kier alpha value is -2.97. The Balaban J connectivity index is 1.57. The highest BCUT2D eigenvalue weighted by molar-refractivity contribution is 7.80. The minimum absolute atomic E-state index is 0.124. The van der Waals surface area contributed by atoms with Gasteiger partial charge in [0.1, 0.15) is 5.69 Å². The van der Waals surface area contributed by atoms with Gasteiger partial charge in [0.05, 0.1) is 24.2 Å². The van der Waals surface area contributed by atoms with Crippen LogP contribution in [0, 0.1) is 10.1 Å². The molecule has 8 heteroatoms. The molecule has 1 atom stereocenters. The molecular weight excluding hydrogens is 400 g/mol. The summed E-state index contributed by atoms with van der Waals surface area (Å²) in [6, 6.07) is 13.7. The van der Waals surface area contributed by atoms with Crippen LogP contribution in [-0.4, -0.2) is 36.3 Å². The van der Waals surface area contributed by atoms with Crippen LogP contribution < -0.4 is 15.5 Å². The van der Waals surface area contributed by atoms with E-state index in [9.17, 15) is 10.1 Å². The van der Waals surface area contributed by atoms with Crippen molar-refractivity contribution in [1.29, 1.82) is 0 Å². The molecule has 1 aliphatic carbocycles. The van der Waals surface area contributed by atoms with Crippen LogP contribution in [0.4, 0.5) is 11.4 Å². The molecule has 2 aromatic rings. The SMILES string of the molecule is O=[N+]([O-])c1cc(C2NC(=S)NC3=C2CCc2ccccc23)ccc1N1CCOCC1. The van der Waals surface area contributed by atoms with Crippen LogP contribution in [-0.2, 0) is 11.2 Å². The van der Waals surface area contributed by atoms with Gasteiger partial charge in [-0.25, -0.2) is 0 Å². The Bertz CT molecular complexity index is 1060. The zero-order chi connectivity index (χ0) is 20.7. The quantitative estimate of drug-likeness (QED) is 0.446. The second-order valence-corrected chi connectivity index (χ2v) is 8.10. The van der Waals surface area contributed by atoms with E-state index in [2.05, 4.69) is 28.8 Å². The van der Waals surface area contributed by atoms with E-state index in [-0.39, 0.29) is 16.7 Å². The van der Waals surface area contributed by atoms with Crippen LogP contribution in [0.15, 0.2) is 48.0 Å². The van der Waals surface area contributed by atoms with Crippen molar-refractivity contribution in [3.05, 3.63) is 74.8 Å². The summed E-state index contributed by atoms with van der Waals surface area (Å²) in [5, 5.41) is 19.1. The van der Waals surface area contributed by atoms with Crippen molar-refractivity contribution < 1.29 is 9.66 Å². The standard InChI is InChI=1S/C22H22N4O3S/c27-26(28)19-13-15(6-8-18(19)25-9-11-29-12-10-25)20-17-7-5-14-3-1-2-4-16(14)21(17)24-22(30)23-20/h1-4,6,8,13,20H,5,7,9-12H2,(H2,23,24,30). The highest BCUT2D eigenvalue weighted by Crippen LogP contribution is 2.40. The van der Waals surface area contributed by atoms with Crippen LogP contribution in [0.2, 0.25) is 0 Å². The number of nitro benzene ring substituents is 1. The number of hydrogen-bond donors (Lipinski definition) is 2. The summed E-state index contributed by atoms with van der Waals surface area (Å²) in [4.78, 5) is 13.6. The predicted molar refractivity (Wildman–Crippen MR) is 119 cm³/mol. The number of nitrogens with one attached hydrogen (secondary N) is 2. The molecule has 2 aliphatic heterocycles. The molecule has 1 fully saturated rings. The lowest BCUT2D eigenvalue weighted by Gasteiger charge is -2.36. The topological polar surface area (TPSA) is 79.7 Å². The lowest BCUT2D eigenvalue weighted by molar-refractivity contribution is -0.384. The van der Waals surface area contributed by atoms with Crippen LogP contribution in [0.3, 0.4) is 0 Å². The molecule has 2 heterocycles. The number of nitrogens with zero attached hydrogens (tertiary/aromatic N) is 2. The number of fused-ring (bicyclic) bond motifs is 2. The number of nitro groups is 1. The highest BCUT2D eigenvalue weighted by Gasteiger charge is 2.32. The maximum atomic E-state index is 11.9. The molecule has 0 aromatic heterocycles. The van der Waals surface area contributed by atoms with Gasteiger partial charge in [-0.05, 0) is 47.8 Å². The molecule has 2 N–H and O–H groups in total. The maximum absolute atomic E-state index is 11.9. The van der Waals surface area contributed by atoms with Gasteiger partial charge < -0.3 is 20.3 Å². The van der Waals surface area contributed by atoms with Crippen LogP contribution in [0.5, 0.6) is 0 Å². The normalized spacial score (nSPS) is 20.7. The van der Waals surface area contributed by atoms with Gasteiger partial charge in [-0.15, -0.1) is 0 Å². The van der Waals surface area contributed by atoms with Crippen molar-refractivity contribution in [3.63, 3.8) is 0 Å². The minimum Gasteiger partial charge on any atom is -0.378 e. The third-order valence-electron chi connectivity index (χ3n) is 6.02. The summed E-state index contributed by atoms with van der Waals surface area (Å²) < 4.78 is 5.39. The Morgan fingerprint density at radius 3 is 2.73 bits per heavy atom. The Morgan fingerprint density at radius 1 is 1.13 bits per heavy atom. The van der Waals surface area contributed by atoms with Gasteiger partial charge in [-0.1, -0.05) is 30.3 Å². The van der Waals surface area contributed by atoms with Crippen molar-refractivity contribution in [2.24, 2.45) is 0 Å². The Kier molecular flexibility index (Phi) is 4.88. The number of benzene rings is 2. The molecule has 0 radical (unpaired) electrons. The largest absolute Gasteiger partial charge is 0.378 e. The molecule has 0 bridgehead atoms. The van der Waals surface area contributed by atoms with E-state index in [0.717, 1.165) is 29.7 Å². The highest BCUT2D eigenvalue weighted by atomic mass is 32.1. The summed E-state index contributed by atoms with van der Waals surface area (Å²) in [6.07, 6.45) is 1.81. The molecule has 0 spiro atoms. The van der Waals surface area contributed by atoms with E-state index in [4.69, 9.17) is 17.0 Å².